The van der Waals surface area contributed by atoms with Gasteiger partial charge in [0.2, 0.25) is 0 Å². The molecule has 27 heavy (non-hydrogen) atoms. The quantitative estimate of drug-likeness (QED) is 0.486. The second kappa shape index (κ2) is 8.77. The minimum atomic E-state index is 0.303. The van der Waals surface area contributed by atoms with Crippen molar-refractivity contribution in [2.75, 3.05) is 6.61 Å². The Labute approximate surface area is 161 Å². The van der Waals surface area contributed by atoms with Gasteiger partial charge in [0.05, 0.1) is 6.61 Å². The van der Waals surface area contributed by atoms with Gasteiger partial charge >= 0.3 is 0 Å². The summed E-state index contributed by atoms with van der Waals surface area (Å²) in [4.78, 5) is 0. The zero-order chi connectivity index (χ0) is 18.3. The van der Waals surface area contributed by atoms with Crippen molar-refractivity contribution in [2.45, 2.75) is 38.2 Å². The highest BCUT2D eigenvalue weighted by Gasteiger charge is 2.22. The van der Waals surface area contributed by atoms with Gasteiger partial charge in [-0.25, -0.2) is 0 Å². The number of hydrogen-bond donors (Lipinski definition) is 0. The van der Waals surface area contributed by atoms with E-state index >= 15 is 0 Å². The van der Waals surface area contributed by atoms with Gasteiger partial charge in [0.15, 0.2) is 0 Å². The molecule has 3 aromatic rings. The van der Waals surface area contributed by atoms with Crippen molar-refractivity contribution in [1.82, 2.24) is 0 Å². The van der Waals surface area contributed by atoms with Crippen molar-refractivity contribution in [3.05, 3.63) is 95.6 Å². The maximum Gasteiger partial charge on any atom is 0.123 e. The molecule has 2 nitrogen and oxygen atoms in total. The van der Waals surface area contributed by atoms with Crippen LogP contribution in [-0.4, -0.2) is 12.7 Å². The molecule has 0 radical (unpaired) electrons. The Morgan fingerprint density at radius 2 is 1.59 bits per heavy atom. The van der Waals surface area contributed by atoms with Gasteiger partial charge in [-0.15, -0.1) is 0 Å². The van der Waals surface area contributed by atoms with Crippen molar-refractivity contribution >= 4 is 0 Å². The normalized spacial score (nSPS) is 15.2. The minimum Gasteiger partial charge on any atom is -0.494 e. The molecule has 1 aliphatic heterocycles. The van der Waals surface area contributed by atoms with E-state index in [0.717, 1.165) is 50.2 Å². The second-order valence-corrected chi connectivity index (χ2v) is 7.18. The van der Waals surface area contributed by atoms with E-state index in [4.69, 9.17) is 9.47 Å². The van der Waals surface area contributed by atoms with Crippen LogP contribution in [0, 0.1) is 0 Å². The zero-order valence-electron chi connectivity index (χ0n) is 15.6. The van der Waals surface area contributed by atoms with Crippen LogP contribution in [0.4, 0.5) is 0 Å². The first-order valence-corrected chi connectivity index (χ1v) is 9.87. The first-order valence-electron chi connectivity index (χ1n) is 9.87. The molecule has 0 aromatic heterocycles. The number of benzene rings is 3. The summed E-state index contributed by atoms with van der Waals surface area (Å²) in [5, 5.41) is 0. The SMILES string of the molecule is c1ccc(CCC2Cc3ccc(CCCOc4ccccc4)cc3O2)cc1. The van der Waals surface area contributed by atoms with Crippen LogP contribution in [0.5, 0.6) is 11.5 Å². The number of ether oxygens (including phenoxy) is 2. The monoisotopic (exact) mass is 358 g/mol. The fourth-order valence-corrected chi connectivity index (χ4v) is 3.62. The van der Waals surface area contributed by atoms with Crippen LogP contribution in [0.3, 0.4) is 0 Å². The molecule has 0 saturated carbocycles. The third-order valence-corrected chi connectivity index (χ3v) is 5.09. The third kappa shape index (κ3) is 4.91. The summed E-state index contributed by atoms with van der Waals surface area (Å²) < 4.78 is 12.0. The molecule has 1 heterocycles. The molecule has 0 amide bonds. The number of hydrogen-bond acceptors (Lipinski definition) is 2. The molecule has 0 aliphatic carbocycles. The van der Waals surface area contributed by atoms with E-state index in [-0.39, 0.29) is 0 Å². The van der Waals surface area contributed by atoms with Crippen molar-refractivity contribution < 1.29 is 9.47 Å². The molecule has 1 aliphatic rings. The first-order chi connectivity index (χ1) is 13.4. The van der Waals surface area contributed by atoms with Gasteiger partial charge in [0.1, 0.15) is 17.6 Å². The van der Waals surface area contributed by atoms with Crippen LogP contribution < -0.4 is 9.47 Å². The molecule has 0 bridgehead atoms. The lowest BCUT2D eigenvalue weighted by Gasteiger charge is -2.11. The Morgan fingerprint density at radius 3 is 2.41 bits per heavy atom. The summed E-state index contributed by atoms with van der Waals surface area (Å²) in [5.74, 6) is 2.02. The maximum absolute atomic E-state index is 6.21. The third-order valence-electron chi connectivity index (χ3n) is 5.09. The van der Waals surface area contributed by atoms with Gasteiger partial charge in [-0.05, 0) is 60.6 Å². The van der Waals surface area contributed by atoms with Gasteiger partial charge in [-0.3, -0.25) is 0 Å². The smallest absolute Gasteiger partial charge is 0.123 e. The molecule has 0 fully saturated rings. The van der Waals surface area contributed by atoms with E-state index in [9.17, 15) is 0 Å². The summed E-state index contributed by atoms with van der Waals surface area (Å²) >= 11 is 0. The Balaban J connectivity index is 1.24. The predicted octanol–water partition coefficient (Wildman–Crippen LogP) is 5.63. The van der Waals surface area contributed by atoms with E-state index in [2.05, 4.69) is 48.5 Å². The molecule has 1 atom stereocenters. The molecule has 138 valence electrons. The second-order valence-electron chi connectivity index (χ2n) is 7.18. The maximum atomic E-state index is 6.21. The van der Waals surface area contributed by atoms with Crippen LogP contribution in [0.25, 0.3) is 0 Å². The molecule has 4 rings (SSSR count). The van der Waals surface area contributed by atoms with E-state index in [0.29, 0.717) is 6.10 Å². The molecular formula is C25H26O2. The highest BCUT2D eigenvalue weighted by molar-refractivity contribution is 5.41. The highest BCUT2D eigenvalue weighted by Crippen LogP contribution is 2.31. The Morgan fingerprint density at radius 1 is 0.815 bits per heavy atom. The van der Waals surface area contributed by atoms with Crippen LogP contribution in [0.15, 0.2) is 78.9 Å². The fraction of sp³-hybridized carbons (Fsp3) is 0.280. The van der Waals surface area contributed by atoms with Crippen molar-refractivity contribution in [1.29, 1.82) is 0 Å². The van der Waals surface area contributed by atoms with Gasteiger partial charge < -0.3 is 9.47 Å². The van der Waals surface area contributed by atoms with Crippen LogP contribution in [-0.2, 0) is 19.3 Å². The van der Waals surface area contributed by atoms with E-state index < -0.39 is 0 Å². The molecule has 2 heteroatoms. The topological polar surface area (TPSA) is 18.5 Å². The Hall–Kier alpha value is -2.74. The molecule has 1 unspecified atom stereocenters. The molecule has 3 aromatic carbocycles. The van der Waals surface area contributed by atoms with E-state index in [1.54, 1.807) is 0 Å². The summed E-state index contributed by atoms with van der Waals surface area (Å²) in [6.45, 7) is 0.738. The fourth-order valence-electron chi connectivity index (χ4n) is 3.62. The molecule has 0 spiro atoms. The summed E-state index contributed by atoms with van der Waals surface area (Å²) in [7, 11) is 0. The first kappa shape index (κ1) is 17.7. The van der Waals surface area contributed by atoms with E-state index in [1.165, 1.54) is 16.7 Å². The molecular weight excluding hydrogens is 332 g/mol. The predicted molar refractivity (Wildman–Crippen MR) is 110 cm³/mol. The lowest BCUT2D eigenvalue weighted by molar-refractivity contribution is 0.221. The largest absolute Gasteiger partial charge is 0.494 e. The van der Waals surface area contributed by atoms with Crippen molar-refractivity contribution in [3.63, 3.8) is 0 Å². The standard InChI is InChI=1S/C25H26O2/c1-3-8-20(9-4-1)14-16-24-19-22-15-13-21(18-25(22)27-24)10-7-17-26-23-11-5-2-6-12-23/h1-6,8-9,11-13,15,18,24H,7,10,14,16-17,19H2. The zero-order valence-corrected chi connectivity index (χ0v) is 15.6. The summed E-state index contributed by atoms with van der Waals surface area (Å²) in [6.07, 6.45) is 5.49. The van der Waals surface area contributed by atoms with Crippen molar-refractivity contribution in [3.8, 4) is 11.5 Å². The number of aryl methyl sites for hydroxylation is 2. The number of fused-ring (bicyclic) bond motifs is 1. The minimum absolute atomic E-state index is 0.303. The highest BCUT2D eigenvalue weighted by atomic mass is 16.5. The summed E-state index contributed by atoms with van der Waals surface area (Å²) in [6, 6.07) is 27.4. The van der Waals surface area contributed by atoms with Crippen LogP contribution >= 0.6 is 0 Å². The van der Waals surface area contributed by atoms with Gasteiger partial charge in [-0.2, -0.15) is 0 Å². The Bertz CT molecular complexity index is 843. The van der Waals surface area contributed by atoms with Gasteiger partial charge in [0.25, 0.3) is 0 Å². The average Bonchev–Trinajstić information content (AvgIpc) is 3.13. The lowest BCUT2D eigenvalue weighted by Crippen LogP contribution is -2.13. The molecule has 0 N–H and O–H groups in total. The van der Waals surface area contributed by atoms with Crippen molar-refractivity contribution in [2.24, 2.45) is 0 Å². The number of para-hydroxylation sites is 1. The van der Waals surface area contributed by atoms with Crippen LogP contribution in [0.1, 0.15) is 29.5 Å². The van der Waals surface area contributed by atoms with Crippen LogP contribution in [0.2, 0.25) is 0 Å². The van der Waals surface area contributed by atoms with Gasteiger partial charge in [0, 0.05) is 6.42 Å². The Kier molecular flexibility index (Phi) is 5.73. The lowest BCUT2D eigenvalue weighted by atomic mass is 10.0. The van der Waals surface area contributed by atoms with Gasteiger partial charge in [-0.1, -0.05) is 60.7 Å². The molecule has 0 saturated heterocycles. The number of rotatable bonds is 8. The average molecular weight is 358 g/mol. The van der Waals surface area contributed by atoms with E-state index in [1.807, 2.05) is 30.3 Å². The summed E-state index contributed by atoms with van der Waals surface area (Å²) in [5.41, 5.74) is 4.06.